The molecule has 4 atom stereocenters. The topological polar surface area (TPSA) is 118 Å². The van der Waals surface area contributed by atoms with Crippen LogP contribution >= 0.6 is 0 Å². The second-order valence-corrected chi connectivity index (χ2v) is 2.36. The first-order chi connectivity index (χ1) is 5.54. The molecular weight excluding hydrogens is 169 g/mol. The number of aliphatic hydroxyl groups excluding tert-OH is 5. The zero-order valence-electron chi connectivity index (χ0n) is 6.24. The molecule has 4 unspecified atom stereocenters. The van der Waals surface area contributed by atoms with Gasteiger partial charge < -0.3 is 30.3 Å². The molecule has 0 radical (unpaired) electrons. The van der Waals surface area contributed by atoms with Crippen molar-refractivity contribution in [1.82, 2.24) is 0 Å². The van der Waals surface area contributed by atoms with Crippen molar-refractivity contribution in [3.8, 4) is 0 Å². The van der Waals surface area contributed by atoms with Crippen molar-refractivity contribution >= 4 is 6.29 Å². The quantitative estimate of drug-likeness (QED) is 0.223. The average Bonchev–Trinajstić information content (AvgIpc) is 2.12. The highest BCUT2D eigenvalue weighted by Gasteiger charge is 2.29. The van der Waals surface area contributed by atoms with Crippen LogP contribution in [0.5, 0.6) is 0 Å². The van der Waals surface area contributed by atoms with E-state index in [1.165, 1.54) is 0 Å². The third-order valence-corrected chi connectivity index (χ3v) is 1.42. The van der Waals surface area contributed by atoms with Crippen molar-refractivity contribution in [2.45, 2.75) is 24.4 Å². The van der Waals surface area contributed by atoms with Gasteiger partial charge in [0, 0.05) is 0 Å². The second kappa shape index (κ2) is 5.18. The normalized spacial score (nSPS) is 21.1. The Bertz CT molecular complexity index is 138. The van der Waals surface area contributed by atoms with E-state index >= 15 is 0 Å². The summed E-state index contributed by atoms with van der Waals surface area (Å²) >= 11 is 0. The van der Waals surface area contributed by atoms with Gasteiger partial charge in [-0.05, 0) is 0 Å². The van der Waals surface area contributed by atoms with E-state index in [2.05, 4.69) is 0 Å². The Balaban J connectivity index is 4.07. The molecule has 72 valence electrons. The van der Waals surface area contributed by atoms with E-state index in [0.717, 1.165) is 0 Å². The SMILES string of the molecule is O=CC(O)C(O)[13CH](O)C(O)CO. The van der Waals surface area contributed by atoms with E-state index in [4.69, 9.17) is 25.5 Å². The number of carbonyl (C=O) groups is 1. The maximum absolute atomic E-state index is 9.90. The predicted molar refractivity (Wildman–Crippen MR) is 37.2 cm³/mol. The van der Waals surface area contributed by atoms with Gasteiger partial charge in [-0.25, -0.2) is 0 Å². The molecule has 6 nitrogen and oxygen atoms in total. The Hall–Kier alpha value is -0.530. The third kappa shape index (κ3) is 2.84. The number of aliphatic hydroxyl groups is 5. The van der Waals surface area contributed by atoms with E-state index in [0.29, 0.717) is 0 Å². The molecule has 0 bridgehead atoms. The zero-order valence-corrected chi connectivity index (χ0v) is 6.24. The summed E-state index contributed by atoms with van der Waals surface area (Å²) in [6.07, 6.45) is -6.84. The maximum atomic E-state index is 9.90. The minimum absolute atomic E-state index is 0.0258. The average molecular weight is 181 g/mol. The summed E-state index contributed by atoms with van der Waals surface area (Å²) in [4.78, 5) is 9.90. The molecular formula is C6H12O6. The minimum atomic E-state index is -1.79. The Morgan fingerprint density at radius 2 is 1.58 bits per heavy atom. The molecule has 0 rings (SSSR count). The van der Waals surface area contributed by atoms with Crippen molar-refractivity contribution < 1.29 is 30.3 Å². The highest BCUT2D eigenvalue weighted by atomic mass is 16.4. The molecule has 0 fully saturated rings. The molecule has 0 heterocycles. The van der Waals surface area contributed by atoms with Gasteiger partial charge in [-0.2, -0.15) is 0 Å². The molecule has 0 aromatic carbocycles. The highest BCUT2D eigenvalue weighted by Crippen LogP contribution is 2.02. The first-order valence-electron chi connectivity index (χ1n) is 3.33. The van der Waals surface area contributed by atoms with Crippen LogP contribution in [0.1, 0.15) is 0 Å². The standard InChI is InChI=1S/C6H12O6/c7-1-3(9)5(11)6(12)4(10)2-8/h1,3-6,8-12H,2H2/i6+1. The first kappa shape index (κ1) is 11.5. The first-order valence-corrected chi connectivity index (χ1v) is 3.33. The molecule has 0 saturated heterocycles. The van der Waals surface area contributed by atoms with Crippen LogP contribution in [0.15, 0.2) is 0 Å². The van der Waals surface area contributed by atoms with E-state index in [1.807, 2.05) is 0 Å². The van der Waals surface area contributed by atoms with Crippen LogP contribution in [0.25, 0.3) is 0 Å². The summed E-state index contributed by atoms with van der Waals surface area (Å²) in [6, 6.07) is 0. The molecule has 0 aliphatic carbocycles. The largest absolute Gasteiger partial charge is 0.394 e. The number of carbonyl (C=O) groups excluding carboxylic acids is 1. The summed E-state index contributed by atoms with van der Waals surface area (Å²) < 4.78 is 0. The van der Waals surface area contributed by atoms with E-state index in [9.17, 15) is 4.79 Å². The third-order valence-electron chi connectivity index (χ3n) is 1.42. The molecule has 12 heavy (non-hydrogen) atoms. The van der Waals surface area contributed by atoms with Crippen molar-refractivity contribution in [3.63, 3.8) is 0 Å². The van der Waals surface area contributed by atoms with Crippen LogP contribution in [0.3, 0.4) is 0 Å². The van der Waals surface area contributed by atoms with Crippen LogP contribution in [0, 0.1) is 0 Å². The lowest BCUT2D eigenvalue weighted by atomic mass is 10.2. The van der Waals surface area contributed by atoms with Gasteiger partial charge >= 0.3 is 0 Å². The molecule has 0 amide bonds. The van der Waals surface area contributed by atoms with Gasteiger partial charge in [0.1, 0.15) is 24.4 Å². The molecule has 6 heteroatoms. The monoisotopic (exact) mass is 181 g/mol. The lowest BCUT2D eigenvalue weighted by Gasteiger charge is -2.22. The molecule has 0 aromatic rings. The summed E-state index contributed by atoms with van der Waals surface area (Å²) in [7, 11) is 0. The van der Waals surface area contributed by atoms with E-state index < -0.39 is 31.0 Å². The molecule has 0 aliphatic rings. The van der Waals surface area contributed by atoms with Gasteiger partial charge in [0.05, 0.1) is 6.61 Å². The Morgan fingerprint density at radius 3 is 1.92 bits per heavy atom. The van der Waals surface area contributed by atoms with Crippen LogP contribution in [0.4, 0.5) is 0 Å². The van der Waals surface area contributed by atoms with Crippen LogP contribution in [-0.2, 0) is 4.79 Å². The lowest BCUT2D eigenvalue weighted by Crippen LogP contribution is -2.46. The second-order valence-electron chi connectivity index (χ2n) is 2.36. The molecule has 5 N–H and O–H groups in total. The molecule has 0 saturated carbocycles. The summed E-state index contributed by atoms with van der Waals surface area (Å²) in [5, 5.41) is 43.5. The van der Waals surface area contributed by atoms with Crippen molar-refractivity contribution in [3.05, 3.63) is 0 Å². The summed E-state index contributed by atoms with van der Waals surface area (Å²) in [5.74, 6) is 0. The van der Waals surface area contributed by atoms with Crippen molar-refractivity contribution in [2.24, 2.45) is 0 Å². The number of rotatable bonds is 5. The molecule has 0 spiro atoms. The van der Waals surface area contributed by atoms with Crippen molar-refractivity contribution in [1.29, 1.82) is 0 Å². The van der Waals surface area contributed by atoms with Gasteiger partial charge in [0.15, 0.2) is 6.29 Å². The minimum Gasteiger partial charge on any atom is -0.394 e. The molecule has 0 aromatic heterocycles. The van der Waals surface area contributed by atoms with Crippen molar-refractivity contribution in [2.75, 3.05) is 6.61 Å². The Labute approximate surface area is 68.7 Å². The summed E-state index contributed by atoms with van der Waals surface area (Å²) in [6.45, 7) is -0.760. The smallest absolute Gasteiger partial charge is 0.151 e. The van der Waals surface area contributed by atoms with Crippen LogP contribution in [0.2, 0.25) is 0 Å². The van der Waals surface area contributed by atoms with Gasteiger partial charge in [-0.15, -0.1) is 0 Å². The number of hydrogen-bond acceptors (Lipinski definition) is 6. The maximum Gasteiger partial charge on any atom is 0.151 e. The predicted octanol–water partition coefficient (Wildman–Crippen LogP) is -3.38. The highest BCUT2D eigenvalue weighted by molar-refractivity contribution is 5.56. The Kier molecular flexibility index (Phi) is 4.95. The van der Waals surface area contributed by atoms with Gasteiger partial charge in [-0.3, -0.25) is 0 Å². The van der Waals surface area contributed by atoms with Crippen LogP contribution in [-0.4, -0.2) is 62.8 Å². The fraction of sp³-hybridized carbons (Fsp3) is 0.833. The Morgan fingerprint density at radius 1 is 1.08 bits per heavy atom. The van der Waals surface area contributed by atoms with Crippen LogP contribution < -0.4 is 0 Å². The van der Waals surface area contributed by atoms with E-state index in [1.54, 1.807) is 0 Å². The zero-order chi connectivity index (χ0) is 9.72. The number of aldehydes is 1. The van der Waals surface area contributed by atoms with Gasteiger partial charge in [0.2, 0.25) is 0 Å². The van der Waals surface area contributed by atoms with Gasteiger partial charge in [-0.1, -0.05) is 0 Å². The lowest BCUT2D eigenvalue weighted by molar-refractivity contribution is -0.136. The van der Waals surface area contributed by atoms with E-state index in [-0.39, 0.29) is 6.29 Å². The fourth-order valence-corrected chi connectivity index (χ4v) is 0.618. The number of hydrogen-bond donors (Lipinski definition) is 5. The van der Waals surface area contributed by atoms with Gasteiger partial charge in [0.25, 0.3) is 0 Å². The molecule has 0 aliphatic heterocycles. The fourth-order valence-electron chi connectivity index (χ4n) is 0.618. The summed E-state index contributed by atoms with van der Waals surface area (Å²) in [5.41, 5.74) is 0.